The van der Waals surface area contributed by atoms with E-state index in [-0.39, 0.29) is 40.8 Å². The zero-order valence-electron chi connectivity index (χ0n) is 40.1. The van der Waals surface area contributed by atoms with E-state index in [4.69, 9.17) is 24.2 Å². The number of halogens is 2. The Morgan fingerprint density at radius 1 is 0.783 bits per heavy atom. The fourth-order valence-corrected chi connectivity index (χ4v) is 13.7. The quantitative estimate of drug-likeness (QED) is 0.0992. The smallest absolute Gasteiger partial charge is 0.407 e. The molecule has 0 bridgehead atoms. The van der Waals surface area contributed by atoms with E-state index in [0.29, 0.717) is 90.3 Å². The summed E-state index contributed by atoms with van der Waals surface area (Å²) < 4.78 is 48.9. The van der Waals surface area contributed by atoms with Crippen molar-refractivity contribution in [1.82, 2.24) is 40.4 Å². The molecule has 3 aliphatic heterocycles. The highest BCUT2D eigenvalue weighted by Crippen LogP contribution is 2.53. The standard InChI is InChI=1S/C51H62F2N8O7Si/c1-29(2)43(58-49(64)66-3)47(62)61-28-69(5,6)27-42(61)46-55-38-17-14-32(25-39(38)56-46)31-12-15-34-35-16-13-33(24-37(35)51(52,53)36(34)23-31)40-26-54-45(57-40)41-11-9-7-8-10-20-60(41)48(63)44(59-50(65)67-4)30-18-21-68-22-19-30/h12-17,23-26,29-30,41-44H,7-11,18-22,27-28H2,1-6H3,(H,54,57)(H,55,56)(H,58,64)(H,59,65)/t41-,42-,43-,44-/m0/s1. The molecule has 1 aliphatic carbocycles. The fourth-order valence-electron chi connectivity index (χ4n) is 10.8. The third-order valence-corrected chi connectivity index (χ3v) is 17.2. The van der Waals surface area contributed by atoms with Crippen molar-refractivity contribution < 1.29 is 42.2 Å². The van der Waals surface area contributed by atoms with Crippen LogP contribution in [0.25, 0.3) is 44.5 Å². The first-order valence-corrected chi connectivity index (χ1v) is 27.6. The molecule has 15 nitrogen and oxygen atoms in total. The predicted molar refractivity (Wildman–Crippen MR) is 259 cm³/mol. The van der Waals surface area contributed by atoms with Gasteiger partial charge in [0.2, 0.25) is 11.8 Å². The van der Waals surface area contributed by atoms with Crippen molar-refractivity contribution in [3.05, 3.63) is 83.6 Å². The van der Waals surface area contributed by atoms with Gasteiger partial charge in [0.05, 0.1) is 57.3 Å². The van der Waals surface area contributed by atoms with Gasteiger partial charge in [-0.25, -0.2) is 19.6 Å². The summed E-state index contributed by atoms with van der Waals surface area (Å²) in [6.45, 7) is 9.74. The SMILES string of the molecule is COC(=O)N[C@H](C(=O)N1C[Si](C)(C)C[C@H]1c1nc2ccc(-c3ccc4c(c3)C(F)(F)c3cc(-c5cnc([C@@H]6CCCCCCN6C(=O)[C@@H](NC(=O)OC)C6CCOCC6)[nH]5)ccc3-4)cc2[nH]1)C(C)C. The first kappa shape index (κ1) is 47.9. The molecule has 4 aliphatic rings. The van der Waals surface area contributed by atoms with Gasteiger partial charge in [0, 0.05) is 42.6 Å². The molecule has 4 N–H and O–H groups in total. The number of rotatable bonds is 10. The number of aromatic nitrogens is 4. The number of nitrogens with one attached hydrogen (secondary N) is 4. The molecular formula is C51H62F2N8O7Si. The molecule has 0 unspecified atom stereocenters. The number of fused-ring (bicyclic) bond motifs is 4. The second kappa shape index (κ2) is 19.3. The van der Waals surface area contributed by atoms with E-state index in [2.05, 4.69) is 33.7 Å². The lowest BCUT2D eigenvalue weighted by Gasteiger charge is -2.38. The molecule has 69 heavy (non-hydrogen) atoms. The maximum absolute atomic E-state index is 16.8. The third-order valence-electron chi connectivity index (χ3n) is 14.5. The number of carbonyl (C=O) groups is 4. The molecule has 366 valence electrons. The molecular weight excluding hydrogens is 903 g/mol. The van der Waals surface area contributed by atoms with Crippen molar-refractivity contribution in [1.29, 1.82) is 0 Å². The maximum atomic E-state index is 16.8. The lowest BCUT2D eigenvalue weighted by molar-refractivity contribution is -0.139. The van der Waals surface area contributed by atoms with Gasteiger partial charge in [0.25, 0.3) is 5.92 Å². The van der Waals surface area contributed by atoms with Crippen LogP contribution in [0.5, 0.6) is 0 Å². The number of amides is 4. The minimum absolute atomic E-state index is 0.0845. The van der Waals surface area contributed by atoms with Gasteiger partial charge in [0.1, 0.15) is 23.7 Å². The Bertz CT molecular complexity index is 2750. The monoisotopic (exact) mass is 964 g/mol. The molecule has 4 amide bonds. The first-order valence-electron chi connectivity index (χ1n) is 24.2. The zero-order chi connectivity index (χ0) is 48.8. The molecule has 9 rings (SSSR count). The summed E-state index contributed by atoms with van der Waals surface area (Å²) >= 11 is 0. The summed E-state index contributed by atoms with van der Waals surface area (Å²) in [5, 5.41) is 5.54. The van der Waals surface area contributed by atoms with E-state index < -0.39 is 44.3 Å². The predicted octanol–water partition coefficient (Wildman–Crippen LogP) is 9.24. The van der Waals surface area contributed by atoms with Crippen LogP contribution >= 0.6 is 0 Å². The molecule has 4 atom stereocenters. The Kier molecular flexibility index (Phi) is 13.4. The Morgan fingerprint density at radius 2 is 1.43 bits per heavy atom. The normalized spacial score (nSPS) is 20.9. The number of nitrogens with zero attached hydrogens (tertiary/aromatic N) is 4. The van der Waals surface area contributed by atoms with Gasteiger partial charge in [-0.2, -0.15) is 8.78 Å². The van der Waals surface area contributed by atoms with E-state index in [1.165, 1.54) is 20.3 Å². The summed E-state index contributed by atoms with van der Waals surface area (Å²) in [5.74, 6) is -2.75. The molecule has 5 aromatic rings. The number of hydrogen-bond donors (Lipinski definition) is 4. The van der Waals surface area contributed by atoms with Gasteiger partial charge in [-0.3, -0.25) is 9.59 Å². The number of hydrogen-bond acceptors (Lipinski definition) is 9. The van der Waals surface area contributed by atoms with Crippen LogP contribution in [-0.4, -0.2) is 114 Å². The molecule has 0 saturated carbocycles. The highest BCUT2D eigenvalue weighted by Gasteiger charge is 2.47. The van der Waals surface area contributed by atoms with Crippen molar-refractivity contribution in [2.45, 2.75) is 108 Å². The summed E-state index contributed by atoms with van der Waals surface area (Å²) in [7, 11) is 0.695. The summed E-state index contributed by atoms with van der Waals surface area (Å²) in [4.78, 5) is 73.5. The second-order valence-electron chi connectivity index (χ2n) is 20.2. The molecule has 0 spiro atoms. The van der Waals surface area contributed by atoms with Gasteiger partial charge >= 0.3 is 12.2 Å². The number of imidazole rings is 2. The van der Waals surface area contributed by atoms with Crippen LogP contribution in [0.1, 0.15) is 93.7 Å². The maximum Gasteiger partial charge on any atom is 0.407 e. The molecule has 2 aromatic heterocycles. The number of ether oxygens (including phenoxy) is 3. The second-order valence-corrected chi connectivity index (χ2v) is 25.2. The number of carbonyl (C=O) groups excluding carboxylic acids is 4. The molecule has 3 saturated heterocycles. The molecule has 3 aromatic carbocycles. The average Bonchev–Trinajstić information content (AvgIpc) is 4.12. The fraction of sp³-hybridized carbons (Fsp3) is 0.490. The molecule has 3 fully saturated rings. The van der Waals surface area contributed by atoms with E-state index in [1.807, 2.05) is 54.0 Å². The highest BCUT2D eigenvalue weighted by atomic mass is 28.3. The van der Waals surface area contributed by atoms with E-state index in [9.17, 15) is 19.2 Å². The lowest BCUT2D eigenvalue weighted by Crippen LogP contribution is -2.54. The van der Waals surface area contributed by atoms with Gasteiger partial charge in [-0.1, -0.05) is 76.5 Å². The summed E-state index contributed by atoms with van der Waals surface area (Å²) in [6, 6.07) is 14.4. The number of aromatic amines is 2. The van der Waals surface area contributed by atoms with Crippen LogP contribution in [0.4, 0.5) is 18.4 Å². The lowest BCUT2D eigenvalue weighted by atomic mass is 9.89. The minimum atomic E-state index is -3.30. The van der Waals surface area contributed by atoms with Gasteiger partial charge in [0.15, 0.2) is 0 Å². The van der Waals surface area contributed by atoms with Crippen LogP contribution in [0.2, 0.25) is 19.1 Å². The van der Waals surface area contributed by atoms with Crippen LogP contribution in [0.15, 0.2) is 60.8 Å². The number of methoxy groups -OCH3 is 2. The topological polar surface area (TPSA) is 184 Å². The van der Waals surface area contributed by atoms with Crippen molar-refractivity contribution in [2.75, 3.05) is 40.1 Å². The van der Waals surface area contributed by atoms with Crippen LogP contribution in [0.3, 0.4) is 0 Å². The van der Waals surface area contributed by atoms with Crippen LogP contribution < -0.4 is 10.6 Å². The highest BCUT2D eigenvalue weighted by molar-refractivity contribution is 6.78. The molecule has 18 heteroatoms. The van der Waals surface area contributed by atoms with E-state index in [0.717, 1.165) is 42.8 Å². The summed E-state index contributed by atoms with van der Waals surface area (Å²) in [6.07, 6.45) is 6.51. The molecule has 5 heterocycles. The van der Waals surface area contributed by atoms with E-state index in [1.54, 1.807) is 24.4 Å². The van der Waals surface area contributed by atoms with Gasteiger partial charge in [-0.15, -0.1) is 0 Å². The summed E-state index contributed by atoms with van der Waals surface area (Å²) in [5.41, 5.74) is 4.60. The van der Waals surface area contributed by atoms with Crippen molar-refractivity contribution in [3.63, 3.8) is 0 Å². The van der Waals surface area contributed by atoms with Crippen molar-refractivity contribution >= 4 is 43.1 Å². The van der Waals surface area contributed by atoms with Crippen molar-refractivity contribution in [2.24, 2.45) is 11.8 Å². The average molecular weight is 965 g/mol. The zero-order valence-corrected chi connectivity index (χ0v) is 41.1. The third kappa shape index (κ3) is 9.49. The number of alkyl carbamates (subject to hydrolysis) is 2. The van der Waals surface area contributed by atoms with E-state index >= 15 is 8.78 Å². The number of H-pyrrole nitrogens is 2. The van der Waals surface area contributed by atoms with Crippen LogP contribution in [-0.2, 0) is 29.7 Å². The number of alkyl halides is 2. The number of likely N-dealkylation sites (tertiary alicyclic amines) is 1. The van der Waals surface area contributed by atoms with Gasteiger partial charge < -0.3 is 44.6 Å². The minimum Gasteiger partial charge on any atom is -0.453 e. The van der Waals surface area contributed by atoms with Crippen molar-refractivity contribution in [3.8, 4) is 33.5 Å². The van der Waals surface area contributed by atoms with Gasteiger partial charge in [-0.05, 0) is 90.1 Å². The Labute approximate surface area is 401 Å². The Hall–Kier alpha value is -6.14. The Morgan fingerprint density at radius 3 is 2.14 bits per heavy atom. The largest absolute Gasteiger partial charge is 0.453 e. The Balaban J connectivity index is 0.959. The molecule has 0 radical (unpaired) electrons. The number of benzene rings is 3. The van der Waals surface area contributed by atoms with Crippen LogP contribution in [0, 0.1) is 11.8 Å². The first-order chi connectivity index (χ1) is 33.1.